The molecule has 0 saturated carbocycles. The fourth-order valence-electron chi connectivity index (χ4n) is 6.86. The molecule has 0 aromatic heterocycles. The minimum absolute atomic E-state index is 0. The average molecular weight is 888 g/mol. The quantitative estimate of drug-likeness (QED) is 0.0147. The van der Waals surface area contributed by atoms with Gasteiger partial charge in [-0.05, 0) is 77.5 Å². The second-order valence-corrected chi connectivity index (χ2v) is 19.0. The second kappa shape index (κ2) is 25.5. The first-order valence-electron chi connectivity index (χ1n) is 17.4. The standard InChI is InChI=1S/C34H51N3O12S4.3Na/c1-5-6-7-11-21-36-30-18-17-28(50-49-48-38)26-29(30)34(4,20-13-24-52(42,43)44)31(36)15-9-8-10-16-32-33(3,19-12-23-51(39,40)41)27(2)35-37(32)22-14-25-53(45,46)47;;;/h8-10,15-18,26H,5-7,11-14,19-25H2,1-4H3,(H3-,38,39,40,41,42,43,44,45,46,47);;;/q;3*+1/p-3. The fourth-order valence-corrected chi connectivity index (χ4v) is 8.73. The Bertz CT molecular complexity index is 1940. The molecule has 0 amide bonds. The molecular weight excluding hydrogens is 840 g/mol. The first kappa shape index (κ1) is 56.5. The van der Waals surface area contributed by atoms with Crippen LogP contribution in [0.5, 0.6) is 0 Å². The molecule has 1 aromatic rings. The molecule has 2 unspecified atom stereocenters. The Balaban J connectivity index is 0.0000101. The van der Waals surface area contributed by atoms with E-state index in [1.807, 2.05) is 38.1 Å². The van der Waals surface area contributed by atoms with Crippen LogP contribution in [0.3, 0.4) is 0 Å². The van der Waals surface area contributed by atoms with E-state index in [1.165, 1.54) is 0 Å². The van der Waals surface area contributed by atoms with Crippen molar-refractivity contribution in [3.05, 3.63) is 59.8 Å². The van der Waals surface area contributed by atoms with Gasteiger partial charge in [0.2, 0.25) is 5.69 Å². The number of unbranched alkanes of at least 4 members (excludes halogenated alkanes) is 3. The van der Waals surface area contributed by atoms with E-state index in [-0.39, 0.29) is 121 Å². The van der Waals surface area contributed by atoms with Crippen molar-refractivity contribution in [2.24, 2.45) is 10.5 Å². The number of hydrazone groups is 1. The maximum Gasteiger partial charge on any atom is 1.00 e. The van der Waals surface area contributed by atoms with E-state index in [2.05, 4.69) is 26.0 Å². The molecule has 3 rings (SSSR count). The number of hydrogen-bond acceptors (Lipinski definition) is 15. The third kappa shape index (κ3) is 17.5. The summed E-state index contributed by atoms with van der Waals surface area (Å²) in [6.45, 7) is 8.52. The molecule has 1 aromatic carbocycles. The smallest absolute Gasteiger partial charge is 0.748 e. The Morgan fingerprint density at radius 2 is 1.41 bits per heavy atom. The maximum atomic E-state index is 11.6. The monoisotopic (exact) mass is 887 g/mol. The number of fused-ring (bicyclic) bond motifs is 1. The van der Waals surface area contributed by atoms with Crippen molar-refractivity contribution in [3.8, 4) is 0 Å². The van der Waals surface area contributed by atoms with Crippen LogP contribution < -0.4 is 93.9 Å². The van der Waals surface area contributed by atoms with E-state index >= 15 is 0 Å². The first-order chi connectivity index (χ1) is 24.7. The number of hydrogen-bond donors (Lipinski definition) is 0. The van der Waals surface area contributed by atoms with Crippen molar-refractivity contribution in [1.29, 1.82) is 0 Å². The summed E-state index contributed by atoms with van der Waals surface area (Å²) < 4.78 is 109. The van der Waals surface area contributed by atoms with Gasteiger partial charge in [0.05, 0.1) is 47.8 Å². The molecule has 0 N–H and O–H groups in total. The molecule has 0 radical (unpaired) electrons. The summed E-state index contributed by atoms with van der Waals surface area (Å²) in [6, 6.07) is 5.55. The normalized spacial score (nSPS) is 20.7. The molecule has 15 nitrogen and oxygen atoms in total. The van der Waals surface area contributed by atoms with Gasteiger partial charge in [0.25, 0.3) is 0 Å². The van der Waals surface area contributed by atoms with Gasteiger partial charge in [-0.15, -0.1) is 0 Å². The molecule has 2 heterocycles. The van der Waals surface area contributed by atoms with E-state index in [1.54, 1.807) is 36.2 Å². The summed E-state index contributed by atoms with van der Waals surface area (Å²) in [5.41, 5.74) is 2.41. The Hall–Kier alpha value is 0.540. The molecule has 0 saturated heterocycles. The van der Waals surface area contributed by atoms with E-state index < -0.39 is 58.4 Å². The van der Waals surface area contributed by atoms with Crippen molar-refractivity contribution in [1.82, 2.24) is 5.01 Å². The number of benzene rings is 1. The van der Waals surface area contributed by atoms with Gasteiger partial charge in [-0.3, -0.25) is 10.0 Å². The van der Waals surface area contributed by atoms with Crippen LogP contribution in [0.1, 0.15) is 91.0 Å². The number of nitrogens with zero attached hydrogens (tertiary/aromatic N) is 3. The average Bonchev–Trinajstić information content (AvgIpc) is 3.41. The number of allylic oxidation sites excluding steroid dienone is 6. The minimum atomic E-state index is -4.46. The SMILES string of the molecule is CCCCCC[N+]1=C(/C=C/C=C/C=C2\N(CCCS(=O)(=O)[O-])N=C(C)C2(C)CCCS(=O)(=O)[O-])C(C)(CCCS(=O)(=O)[O-])c2cc(SOO[O-])ccc21.[Na+].[Na+].[Na+]. The first-order valence-corrected chi connectivity index (χ1v) is 22.8. The topological polar surface area (TPSA) is 232 Å². The summed E-state index contributed by atoms with van der Waals surface area (Å²) in [5.74, 6) is -1.66. The van der Waals surface area contributed by atoms with Crippen LogP contribution in [0.15, 0.2) is 64.3 Å². The van der Waals surface area contributed by atoms with Crippen molar-refractivity contribution >= 4 is 59.5 Å². The molecule has 298 valence electrons. The molecule has 56 heavy (non-hydrogen) atoms. The van der Waals surface area contributed by atoms with Crippen LogP contribution >= 0.6 is 12.0 Å². The predicted molar refractivity (Wildman–Crippen MR) is 197 cm³/mol. The second-order valence-electron chi connectivity index (χ2n) is 13.6. The summed E-state index contributed by atoms with van der Waals surface area (Å²) in [7, 11) is -13.3. The van der Waals surface area contributed by atoms with Gasteiger partial charge in [-0.2, -0.15) is 14.0 Å². The maximum absolute atomic E-state index is 11.6. The Morgan fingerprint density at radius 3 is 1.98 bits per heavy atom. The summed E-state index contributed by atoms with van der Waals surface area (Å²) >= 11 is 0.743. The summed E-state index contributed by atoms with van der Waals surface area (Å²) in [4.78, 5) is 0.590. The van der Waals surface area contributed by atoms with Crippen LogP contribution in [0.25, 0.3) is 0 Å². The summed E-state index contributed by atoms with van der Waals surface area (Å²) in [5, 5.41) is 20.2. The molecule has 0 bridgehead atoms. The minimum Gasteiger partial charge on any atom is -0.748 e. The third-order valence-corrected chi connectivity index (χ3v) is 12.6. The predicted octanol–water partition coefficient (Wildman–Crippen LogP) is -4.85. The molecule has 0 spiro atoms. The Morgan fingerprint density at radius 1 is 0.821 bits per heavy atom. The summed E-state index contributed by atoms with van der Waals surface area (Å²) in [6.07, 6.45) is 13.9. The molecule has 2 aliphatic heterocycles. The zero-order valence-corrected chi connectivity index (χ0v) is 42.7. The van der Waals surface area contributed by atoms with E-state index in [9.17, 15) is 44.2 Å². The number of rotatable bonds is 23. The van der Waals surface area contributed by atoms with Gasteiger partial charge >= 0.3 is 88.7 Å². The molecule has 22 heteroatoms. The van der Waals surface area contributed by atoms with Crippen LogP contribution in [-0.4, -0.2) is 90.3 Å². The van der Waals surface area contributed by atoms with E-state index in [0.29, 0.717) is 29.3 Å². The van der Waals surface area contributed by atoms with E-state index in [0.717, 1.165) is 54.7 Å². The zero-order chi connectivity index (χ0) is 39.5. The largest absolute Gasteiger partial charge is 1.00 e. The van der Waals surface area contributed by atoms with E-state index in [4.69, 9.17) is 0 Å². The Labute approximate surface area is 403 Å². The van der Waals surface area contributed by atoms with Crippen molar-refractivity contribution in [2.45, 2.75) is 95.8 Å². The van der Waals surface area contributed by atoms with Gasteiger partial charge in [-0.1, -0.05) is 38.0 Å². The van der Waals surface area contributed by atoms with Gasteiger partial charge in [0.1, 0.15) is 6.54 Å². The van der Waals surface area contributed by atoms with Gasteiger partial charge in [0, 0.05) is 69.6 Å². The van der Waals surface area contributed by atoms with Crippen molar-refractivity contribution < 1.29 is 147 Å². The Kier molecular flexibility index (Phi) is 25.7. The molecule has 0 fully saturated rings. The van der Waals surface area contributed by atoms with Gasteiger partial charge in [0.15, 0.2) is 5.71 Å². The van der Waals surface area contributed by atoms with Crippen LogP contribution in [0, 0.1) is 5.41 Å². The fraction of sp³-hybridized carbons (Fsp3) is 0.588. The molecule has 2 atom stereocenters. The van der Waals surface area contributed by atoms with Gasteiger partial charge in [-0.25, -0.2) is 25.3 Å². The molecule has 0 aliphatic carbocycles. The van der Waals surface area contributed by atoms with Crippen molar-refractivity contribution in [3.63, 3.8) is 0 Å². The van der Waals surface area contributed by atoms with Crippen LogP contribution in [0.4, 0.5) is 5.69 Å². The van der Waals surface area contributed by atoms with Crippen molar-refractivity contribution in [2.75, 3.05) is 30.3 Å². The zero-order valence-electron chi connectivity index (χ0n) is 33.4. The third-order valence-electron chi connectivity index (χ3n) is 9.65. The molecule has 2 aliphatic rings. The van der Waals surface area contributed by atoms with Crippen LogP contribution in [0.2, 0.25) is 0 Å². The molecular formula is C34H48N3Na3O12S4. The van der Waals surface area contributed by atoms with Gasteiger partial charge < -0.3 is 18.9 Å². The van der Waals surface area contributed by atoms with Crippen LogP contribution in [-0.2, 0) is 45.1 Å².